The molecule has 0 saturated heterocycles. The van der Waals surface area contributed by atoms with E-state index in [1.807, 2.05) is 0 Å². The van der Waals surface area contributed by atoms with Crippen LogP contribution in [0.4, 0.5) is 8.78 Å². The highest BCUT2D eigenvalue weighted by Gasteiger charge is 2.17. The molecule has 0 aliphatic carbocycles. The Bertz CT molecular complexity index is 361. The largest absolute Gasteiger partial charge is 0.497 e. The van der Waals surface area contributed by atoms with Crippen molar-refractivity contribution in [2.45, 2.75) is 12.8 Å². The molecule has 2 nitrogen and oxygen atoms in total. The Morgan fingerprint density at radius 1 is 1.36 bits per heavy atom. The predicted molar refractivity (Wildman–Crippen MR) is 46.9 cm³/mol. The van der Waals surface area contributed by atoms with E-state index >= 15 is 0 Å². The highest BCUT2D eigenvalue weighted by Crippen LogP contribution is 2.26. The van der Waals surface area contributed by atoms with Gasteiger partial charge < -0.3 is 4.74 Å². The summed E-state index contributed by atoms with van der Waals surface area (Å²) in [6.07, 6.45) is 0. The van der Waals surface area contributed by atoms with Crippen molar-refractivity contribution in [3.05, 3.63) is 29.3 Å². The number of benzene rings is 1. The van der Waals surface area contributed by atoms with Crippen LogP contribution in [0.1, 0.15) is 18.4 Å². The monoisotopic (exact) mass is 197 g/mol. The number of rotatable bonds is 2. The molecule has 0 bridgehead atoms. The van der Waals surface area contributed by atoms with Gasteiger partial charge in [-0.25, -0.2) is 8.78 Å². The number of hydrogen-bond donors (Lipinski definition) is 0. The normalized spacial score (nSPS) is 11.9. The number of nitrogens with zero attached hydrogens (tertiary/aromatic N) is 1. The molecule has 0 aromatic heterocycles. The highest BCUT2D eigenvalue weighted by molar-refractivity contribution is 5.34. The van der Waals surface area contributed by atoms with E-state index in [9.17, 15) is 8.78 Å². The van der Waals surface area contributed by atoms with Gasteiger partial charge in [-0.05, 0) is 6.92 Å². The summed E-state index contributed by atoms with van der Waals surface area (Å²) in [5, 5.41) is 8.55. The molecule has 1 aromatic rings. The fraction of sp³-hybridized carbons (Fsp3) is 0.300. The van der Waals surface area contributed by atoms with Gasteiger partial charge in [-0.3, -0.25) is 0 Å². The zero-order valence-electron chi connectivity index (χ0n) is 7.84. The van der Waals surface area contributed by atoms with Gasteiger partial charge in [-0.2, -0.15) is 5.26 Å². The molecule has 0 amide bonds. The summed E-state index contributed by atoms with van der Waals surface area (Å²) in [5.41, 5.74) is -0.215. The Labute approximate surface area is 80.7 Å². The molecule has 1 rings (SSSR count). The van der Waals surface area contributed by atoms with Gasteiger partial charge in [0, 0.05) is 17.7 Å². The van der Waals surface area contributed by atoms with Crippen LogP contribution in [0.15, 0.2) is 12.1 Å². The number of hydrogen-bond acceptors (Lipinski definition) is 2. The first-order chi connectivity index (χ1) is 6.60. The minimum atomic E-state index is -0.805. The van der Waals surface area contributed by atoms with Gasteiger partial charge in [-0.1, -0.05) is 0 Å². The quantitative estimate of drug-likeness (QED) is 0.730. The van der Waals surface area contributed by atoms with Crippen LogP contribution in [0, 0.1) is 23.0 Å². The summed E-state index contributed by atoms with van der Waals surface area (Å²) in [4.78, 5) is 0. The molecule has 4 heteroatoms. The van der Waals surface area contributed by atoms with Crippen LogP contribution < -0.4 is 4.74 Å². The maximum atomic E-state index is 13.3. The van der Waals surface area contributed by atoms with E-state index in [2.05, 4.69) is 4.74 Å². The van der Waals surface area contributed by atoms with E-state index in [0.717, 1.165) is 12.1 Å². The topological polar surface area (TPSA) is 33.0 Å². The Balaban J connectivity index is 3.26. The first-order valence-electron chi connectivity index (χ1n) is 4.02. The lowest BCUT2D eigenvalue weighted by Crippen LogP contribution is -2.00. The molecule has 0 aliphatic rings. The second-order valence-corrected chi connectivity index (χ2v) is 2.86. The molecular weight excluding hydrogens is 188 g/mol. The highest BCUT2D eigenvalue weighted by atomic mass is 19.1. The Morgan fingerprint density at radius 2 is 1.86 bits per heavy atom. The molecule has 74 valence electrons. The third-order valence-corrected chi connectivity index (χ3v) is 1.91. The average Bonchev–Trinajstić information content (AvgIpc) is 2.16. The van der Waals surface area contributed by atoms with Crippen LogP contribution in [0.2, 0.25) is 0 Å². The van der Waals surface area contributed by atoms with Crippen LogP contribution in [0.3, 0.4) is 0 Å². The van der Waals surface area contributed by atoms with Gasteiger partial charge in [0.05, 0.1) is 19.1 Å². The van der Waals surface area contributed by atoms with E-state index in [1.165, 1.54) is 14.0 Å². The average molecular weight is 197 g/mol. The standard InChI is InChI=1S/C10H9F2NO/c1-6(5-13)10-8(11)3-7(14-2)4-9(10)12/h3-4,6H,1-2H3. The molecule has 1 atom stereocenters. The maximum absolute atomic E-state index is 13.3. The number of halogens is 2. The SMILES string of the molecule is COc1cc(F)c(C(C)C#N)c(F)c1. The third kappa shape index (κ3) is 1.82. The second kappa shape index (κ2) is 4.05. The van der Waals surface area contributed by atoms with Crippen molar-refractivity contribution in [1.82, 2.24) is 0 Å². The van der Waals surface area contributed by atoms with Crippen molar-refractivity contribution in [2.75, 3.05) is 7.11 Å². The van der Waals surface area contributed by atoms with Crippen molar-refractivity contribution in [3.8, 4) is 11.8 Å². The summed E-state index contributed by atoms with van der Waals surface area (Å²) in [5.74, 6) is -2.21. The van der Waals surface area contributed by atoms with Gasteiger partial charge in [0.25, 0.3) is 0 Å². The van der Waals surface area contributed by atoms with E-state index in [0.29, 0.717) is 0 Å². The molecular formula is C10H9F2NO. The lowest BCUT2D eigenvalue weighted by molar-refractivity contribution is 0.405. The molecule has 1 aromatic carbocycles. The maximum Gasteiger partial charge on any atom is 0.134 e. The zero-order chi connectivity index (χ0) is 10.7. The van der Waals surface area contributed by atoms with E-state index in [1.54, 1.807) is 6.07 Å². The zero-order valence-corrected chi connectivity index (χ0v) is 7.84. The van der Waals surface area contributed by atoms with Gasteiger partial charge in [0.2, 0.25) is 0 Å². The van der Waals surface area contributed by atoms with Crippen LogP contribution in [-0.4, -0.2) is 7.11 Å². The molecule has 0 radical (unpaired) electrons. The molecule has 1 unspecified atom stereocenters. The van der Waals surface area contributed by atoms with Crippen molar-refractivity contribution in [2.24, 2.45) is 0 Å². The summed E-state index contributed by atoms with van der Waals surface area (Å²) in [6.45, 7) is 1.44. The summed E-state index contributed by atoms with van der Waals surface area (Å²) >= 11 is 0. The minimum absolute atomic E-state index is 0.105. The smallest absolute Gasteiger partial charge is 0.134 e. The molecule has 0 fully saturated rings. The minimum Gasteiger partial charge on any atom is -0.497 e. The summed E-state index contributed by atoms with van der Waals surface area (Å²) in [7, 11) is 1.32. The Hall–Kier alpha value is -1.63. The molecule has 0 spiro atoms. The van der Waals surface area contributed by atoms with Crippen LogP contribution in [-0.2, 0) is 0 Å². The van der Waals surface area contributed by atoms with Gasteiger partial charge in [0.1, 0.15) is 17.4 Å². The van der Waals surface area contributed by atoms with Crippen LogP contribution in [0.25, 0.3) is 0 Å². The van der Waals surface area contributed by atoms with E-state index in [-0.39, 0.29) is 11.3 Å². The number of nitriles is 1. The van der Waals surface area contributed by atoms with E-state index < -0.39 is 17.6 Å². The first-order valence-corrected chi connectivity index (χ1v) is 4.02. The molecule has 0 saturated carbocycles. The van der Waals surface area contributed by atoms with Crippen molar-refractivity contribution < 1.29 is 13.5 Å². The fourth-order valence-electron chi connectivity index (χ4n) is 1.16. The first kappa shape index (κ1) is 10.5. The van der Waals surface area contributed by atoms with Crippen molar-refractivity contribution in [1.29, 1.82) is 5.26 Å². The Morgan fingerprint density at radius 3 is 2.21 bits per heavy atom. The molecule has 0 N–H and O–H groups in total. The lowest BCUT2D eigenvalue weighted by atomic mass is 10.0. The van der Waals surface area contributed by atoms with E-state index in [4.69, 9.17) is 5.26 Å². The summed E-state index contributed by atoms with van der Waals surface area (Å²) in [6, 6.07) is 3.90. The van der Waals surface area contributed by atoms with Gasteiger partial charge >= 0.3 is 0 Å². The fourth-order valence-corrected chi connectivity index (χ4v) is 1.16. The molecule has 0 aliphatic heterocycles. The van der Waals surface area contributed by atoms with Crippen molar-refractivity contribution in [3.63, 3.8) is 0 Å². The van der Waals surface area contributed by atoms with Crippen LogP contribution in [0.5, 0.6) is 5.75 Å². The second-order valence-electron chi connectivity index (χ2n) is 2.86. The third-order valence-electron chi connectivity index (χ3n) is 1.91. The molecule has 14 heavy (non-hydrogen) atoms. The Kier molecular flexibility index (Phi) is 3.03. The molecule has 0 heterocycles. The predicted octanol–water partition coefficient (Wildman–Crippen LogP) is 2.60. The lowest BCUT2D eigenvalue weighted by Gasteiger charge is -2.08. The van der Waals surface area contributed by atoms with Crippen molar-refractivity contribution >= 4 is 0 Å². The number of methoxy groups -OCH3 is 1. The van der Waals surface area contributed by atoms with Gasteiger partial charge in [-0.15, -0.1) is 0 Å². The van der Waals surface area contributed by atoms with Crippen LogP contribution >= 0.6 is 0 Å². The van der Waals surface area contributed by atoms with Gasteiger partial charge in [0.15, 0.2) is 0 Å². The summed E-state index contributed by atoms with van der Waals surface area (Å²) < 4.78 is 31.2. The number of ether oxygens (including phenoxy) is 1.